The Labute approximate surface area is 107 Å². The summed E-state index contributed by atoms with van der Waals surface area (Å²) in [7, 11) is 1.70. The number of halogens is 1. The number of benzene rings is 1. The Morgan fingerprint density at radius 3 is 2.75 bits per heavy atom. The third-order valence-electron chi connectivity index (χ3n) is 2.86. The van der Waals surface area contributed by atoms with Gasteiger partial charge in [-0.2, -0.15) is 0 Å². The Kier molecular flexibility index (Phi) is 5.85. The second kappa shape index (κ2) is 6.92. The summed E-state index contributed by atoms with van der Waals surface area (Å²) in [5, 5.41) is 4.54. The molecule has 0 aliphatic rings. The Morgan fingerprint density at radius 1 is 1.38 bits per heavy atom. The zero-order valence-electron chi connectivity index (χ0n) is 10.2. The van der Waals surface area contributed by atoms with Crippen LogP contribution in [0.15, 0.2) is 24.3 Å². The first kappa shape index (κ1) is 13.5. The van der Waals surface area contributed by atoms with Gasteiger partial charge in [-0.05, 0) is 30.5 Å². The number of hydrogen-bond acceptors (Lipinski definition) is 2. The minimum Gasteiger partial charge on any atom is -0.497 e. The predicted molar refractivity (Wildman–Crippen MR) is 72.3 cm³/mol. The maximum Gasteiger partial charge on any atom is 0.119 e. The van der Waals surface area contributed by atoms with Crippen molar-refractivity contribution in [1.82, 2.24) is 5.32 Å². The van der Waals surface area contributed by atoms with Gasteiger partial charge in [0, 0.05) is 17.9 Å². The Morgan fingerprint density at radius 2 is 2.12 bits per heavy atom. The summed E-state index contributed by atoms with van der Waals surface area (Å²) in [6, 6.07) is 8.67. The van der Waals surface area contributed by atoms with Crippen molar-refractivity contribution in [2.24, 2.45) is 5.92 Å². The molecule has 1 aromatic rings. The van der Waals surface area contributed by atoms with Crippen LogP contribution in [-0.2, 0) is 6.54 Å². The summed E-state index contributed by atoms with van der Waals surface area (Å²) >= 11 is 3.50. The number of rotatable bonds is 6. The van der Waals surface area contributed by atoms with Crippen molar-refractivity contribution in [3.8, 4) is 5.75 Å². The van der Waals surface area contributed by atoms with E-state index in [2.05, 4.69) is 47.2 Å². The molecule has 1 aromatic carbocycles. The maximum atomic E-state index is 5.19. The number of alkyl halides is 1. The number of nitrogens with one attached hydrogen (secondary N) is 1. The van der Waals surface area contributed by atoms with Crippen molar-refractivity contribution in [3.05, 3.63) is 29.8 Å². The predicted octanol–water partition coefficient (Wildman–Crippen LogP) is 3.20. The van der Waals surface area contributed by atoms with Crippen LogP contribution in [0.25, 0.3) is 0 Å². The van der Waals surface area contributed by atoms with Crippen LogP contribution in [-0.4, -0.2) is 18.5 Å². The third-order valence-corrected chi connectivity index (χ3v) is 3.88. The quantitative estimate of drug-likeness (QED) is 0.811. The molecule has 0 aliphatic heterocycles. The SMILES string of the molecule is COc1cccc(CNC(C)C(C)CBr)c1. The van der Waals surface area contributed by atoms with Gasteiger partial charge in [0.15, 0.2) is 0 Å². The van der Waals surface area contributed by atoms with Crippen LogP contribution in [0.2, 0.25) is 0 Å². The lowest BCUT2D eigenvalue weighted by Gasteiger charge is -2.19. The van der Waals surface area contributed by atoms with Crippen molar-refractivity contribution in [2.75, 3.05) is 12.4 Å². The molecule has 0 amide bonds. The first-order valence-corrected chi connectivity index (χ1v) is 6.71. The van der Waals surface area contributed by atoms with Gasteiger partial charge in [0.25, 0.3) is 0 Å². The highest BCUT2D eigenvalue weighted by atomic mass is 79.9. The molecule has 16 heavy (non-hydrogen) atoms. The molecule has 90 valence electrons. The van der Waals surface area contributed by atoms with Crippen molar-refractivity contribution in [1.29, 1.82) is 0 Å². The molecular weight excluding hydrogens is 266 g/mol. The molecular formula is C13H20BrNO. The molecule has 0 aromatic heterocycles. The van der Waals surface area contributed by atoms with E-state index >= 15 is 0 Å². The minimum absolute atomic E-state index is 0.505. The lowest BCUT2D eigenvalue weighted by atomic mass is 10.1. The van der Waals surface area contributed by atoms with Gasteiger partial charge in [-0.15, -0.1) is 0 Å². The fourth-order valence-electron chi connectivity index (χ4n) is 1.40. The lowest BCUT2D eigenvalue weighted by molar-refractivity contribution is 0.411. The van der Waals surface area contributed by atoms with Crippen LogP contribution in [0.3, 0.4) is 0 Å². The molecule has 1 rings (SSSR count). The Hall–Kier alpha value is -0.540. The summed E-state index contributed by atoms with van der Waals surface area (Å²) in [5.41, 5.74) is 1.26. The molecule has 2 atom stereocenters. The molecule has 0 bridgehead atoms. The fraction of sp³-hybridized carbons (Fsp3) is 0.538. The molecule has 2 nitrogen and oxygen atoms in total. The average Bonchev–Trinajstić information content (AvgIpc) is 2.35. The van der Waals surface area contributed by atoms with Gasteiger partial charge in [0.2, 0.25) is 0 Å². The van der Waals surface area contributed by atoms with Crippen LogP contribution < -0.4 is 10.1 Å². The van der Waals surface area contributed by atoms with E-state index in [4.69, 9.17) is 4.74 Å². The van der Waals surface area contributed by atoms with Gasteiger partial charge >= 0.3 is 0 Å². The van der Waals surface area contributed by atoms with Crippen LogP contribution in [0.1, 0.15) is 19.4 Å². The van der Waals surface area contributed by atoms with E-state index in [9.17, 15) is 0 Å². The van der Waals surface area contributed by atoms with Crippen molar-refractivity contribution >= 4 is 15.9 Å². The normalized spacial score (nSPS) is 14.5. The van der Waals surface area contributed by atoms with E-state index in [1.54, 1.807) is 7.11 Å². The molecule has 0 spiro atoms. The fourth-order valence-corrected chi connectivity index (χ4v) is 1.96. The lowest BCUT2D eigenvalue weighted by Crippen LogP contribution is -2.32. The van der Waals surface area contributed by atoms with Gasteiger partial charge < -0.3 is 10.1 Å². The van der Waals surface area contributed by atoms with E-state index < -0.39 is 0 Å². The highest BCUT2D eigenvalue weighted by Gasteiger charge is 2.09. The number of hydrogen-bond donors (Lipinski definition) is 1. The molecule has 0 radical (unpaired) electrons. The summed E-state index contributed by atoms with van der Waals surface area (Å²) in [6.45, 7) is 5.33. The molecule has 0 fully saturated rings. The monoisotopic (exact) mass is 285 g/mol. The molecule has 0 heterocycles. The summed E-state index contributed by atoms with van der Waals surface area (Å²) < 4.78 is 5.19. The molecule has 0 aliphatic carbocycles. The molecule has 0 saturated carbocycles. The van der Waals surface area contributed by atoms with Gasteiger partial charge in [0.1, 0.15) is 5.75 Å². The molecule has 1 N–H and O–H groups in total. The van der Waals surface area contributed by atoms with Crippen LogP contribution in [0.4, 0.5) is 0 Å². The molecule has 3 heteroatoms. The van der Waals surface area contributed by atoms with Crippen LogP contribution in [0, 0.1) is 5.92 Å². The Balaban J connectivity index is 2.47. The van der Waals surface area contributed by atoms with Crippen molar-refractivity contribution < 1.29 is 4.74 Å². The zero-order valence-corrected chi connectivity index (χ0v) is 11.8. The third kappa shape index (κ3) is 4.14. The second-order valence-corrected chi connectivity index (χ2v) is 4.80. The van der Waals surface area contributed by atoms with E-state index in [0.29, 0.717) is 12.0 Å². The average molecular weight is 286 g/mol. The van der Waals surface area contributed by atoms with Gasteiger partial charge in [0.05, 0.1) is 7.11 Å². The second-order valence-electron chi connectivity index (χ2n) is 4.15. The Bertz CT molecular complexity index is 317. The van der Waals surface area contributed by atoms with Crippen molar-refractivity contribution in [2.45, 2.75) is 26.4 Å². The topological polar surface area (TPSA) is 21.3 Å². The van der Waals surface area contributed by atoms with Gasteiger partial charge in [-0.1, -0.05) is 35.0 Å². The number of methoxy groups -OCH3 is 1. The van der Waals surface area contributed by atoms with Gasteiger partial charge in [-0.3, -0.25) is 0 Å². The van der Waals surface area contributed by atoms with E-state index in [1.165, 1.54) is 5.56 Å². The van der Waals surface area contributed by atoms with E-state index in [-0.39, 0.29) is 0 Å². The smallest absolute Gasteiger partial charge is 0.119 e. The largest absolute Gasteiger partial charge is 0.497 e. The maximum absolute atomic E-state index is 5.19. The highest BCUT2D eigenvalue weighted by Crippen LogP contribution is 2.13. The first-order valence-electron chi connectivity index (χ1n) is 5.59. The number of ether oxygens (including phenoxy) is 1. The molecule has 2 unspecified atom stereocenters. The zero-order chi connectivity index (χ0) is 12.0. The standard InChI is InChI=1S/C13H20BrNO/c1-10(8-14)11(2)15-9-12-5-4-6-13(7-12)16-3/h4-7,10-11,15H,8-9H2,1-3H3. The van der Waals surface area contributed by atoms with Crippen LogP contribution in [0.5, 0.6) is 5.75 Å². The first-order chi connectivity index (χ1) is 7.67. The van der Waals surface area contributed by atoms with E-state index in [1.807, 2.05) is 12.1 Å². The summed E-state index contributed by atoms with van der Waals surface area (Å²) in [6.07, 6.45) is 0. The molecule has 0 saturated heterocycles. The minimum atomic E-state index is 0.505. The van der Waals surface area contributed by atoms with Crippen molar-refractivity contribution in [3.63, 3.8) is 0 Å². The van der Waals surface area contributed by atoms with E-state index in [0.717, 1.165) is 17.6 Å². The highest BCUT2D eigenvalue weighted by molar-refractivity contribution is 9.09. The summed E-state index contributed by atoms with van der Waals surface area (Å²) in [4.78, 5) is 0. The van der Waals surface area contributed by atoms with Crippen LogP contribution >= 0.6 is 15.9 Å². The van der Waals surface area contributed by atoms with Gasteiger partial charge in [-0.25, -0.2) is 0 Å². The summed E-state index contributed by atoms with van der Waals surface area (Å²) in [5.74, 6) is 1.55.